The summed E-state index contributed by atoms with van der Waals surface area (Å²) in [5.74, 6) is -4.74. The van der Waals surface area contributed by atoms with Crippen molar-refractivity contribution in [1.29, 1.82) is 0 Å². The van der Waals surface area contributed by atoms with E-state index in [0.717, 1.165) is 16.7 Å². The first-order chi connectivity index (χ1) is 19.0. The number of aliphatic hydroxyl groups is 1. The van der Waals surface area contributed by atoms with E-state index in [1.807, 2.05) is 13.0 Å². The van der Waals surface area contributed by atoms with Crippen LogP contribution in [-0.2, 0) is 11.4 Å². The number of hydrogen-bond acceptors (Lipinski definition) is 4. The number of fused-ring (bicyclic) bond motifs is 3. The summed E-state index contributed by atoms with van der Waals surface area (Å²) >= 11 is 0. The molecule has 4 atom stereocenters. The van der Waals surface area contributed by atoms with Crippen molar-refractivity contribution in [2.24, 2.45) is 33.9 Å². The van der Waals surface area contributed by atoms with E-state index in [1.165, 1.54) is 18.3 Å². The second-order valence-electron chi connectivity index (χ2n) is 10.9. The molecule has 0 bridgehead atoms. The Morgan fingerprint density at radius 2 is 1.98 bits per heavy atom. The molecule has 1 amide bonds. The number of amides is 1. The molecule has 4 N–H and O–H groups in total. The van der Waals surface area contributed by atoms with Gasteiger partial charge in [0, 0.05) is 11.1 Å². The second-order valence-corrected chi connectivity index (χ2v) is 10.9. The summed E-state index contributed by atoms with van der Waals surface area (Å²) in [6, 6.07) is 12.3. The molecule has 2 aromatic rings. The molecule has 0 radical (unpaired) electrons. The van der Waals surface area contributed by atoms with Gasteiger partial charge in [0.15, 0.2) is 0 Å². The molecular formula is C31H31F4N3O2. The number of aliphatic imine (C=N–C) groups is 1. The van der Waals surface area contributed by atoms with Crippen LogP contribution in [0.3, 0.4) is 0 Å². The lowest BCUT2D eigenvalue weighted by molar-refractivity contribution is -0.196. The lowest BCUT2D eigenvalue weighted by atomic mass is 9.53. The Morgan fingerprint density at radius 3 is 2.65 bits per heavy atom. The van der Waals surface area contributed by atoms with Crippen molar-refractivity contribution in [1.82, 2.24) is 0 Å². The third-order valence-corrected chi connectivity index (χ3v) is 8.49. The summed E-state index contributed by atoms with van der Waals surface area (Å²) in [7, 11) is 0. The van der Waals surface area contributed by atoms with E-state index in [1.54, 1.807) is 42.5 Å². The molecule has 0 saturated heterocycles. The fourth-order valence-corrected chi connectivity index (χ4v) is 6.52. The van der Waals surface area contributed by atoms with Crippen molar-refractivity contribution in [2.75, 3.05) is 5.32 Å². The van der Waals surface area contributed by atoms with E-state index < -0.39 is 35.3 Å². The number of rotatable bonds is 4. The fourth-order valence-electron chi connectivity index (χ4n) is 6.52. The zero-order valence-corrected chi connectivity index (χ0v) is 22.0. The van der Waals surface area contributed by atoms with Crippen LogP contribution in [0.4, 0.5) is 28.9 Å². The highest BCUT2D eigenvalue weighted by Gasteiger charge is 2.56. The predicted octanol–water partition coefficient (Wildman–Crippen LogP) is 6.74. The number of alkyl halides is 3. The van der Waals surface area contributed by atoms with Crippen LogP contribution in [0.25, 0.3) is 0 Å². The summed E-state index contributed by atoms with van der Waals surface area (Å²) in [6.07, 6.45) is 1.58. The van der Waals surface area contributed by atoms with Crippen LogP contribution in [0.15, 0.2) is 88.6 Å². The molecule has 1 saturated carbocycles. The van der Waals surface area contributed by atoms with Crippen LogP contribution in [-0.4, -0.2) is 22.9 Å². The number of benzene rings is 2. The van der Waals surface area contributed by atoms with Gasteiger partial charge in [-0.25, -0.2) is 9.38 Å². The lowest BCUT2D eigenvalue weighted by Crippen LogP contribution is -2.49. The number of allylic oxidation sites excluding steroid dienone is 5. The minimum atomic E-state index is -4.54. The number of nitrogens with two attached hydrogens (primary N) is 1. The summed E-state index contributed by atoms with van der Waals surface area (Å²) in [6.45, 7) is 1.76. The molecule has 0 aliphatic heterocycles. The Balaban J connectivity index is 1.50. The zero-order chi connectivity index (χ0) is 28.7. The van der Waals surface area contributed by atoms with Crippen molar-refractivity contribution in [3.8, 4) is 0 Å². The summed E-state index contributed by atoms with van der Waals surface area (Å²) < 4.78 is 56.2. The average Bonchev–Trinajstić information content (AvgIpc) is 2.93. The highest BCUT2D eigenvalue weighted by Crippen LogP contribution is 2.59. The van der Waals surface area contributed by atoms with Gasteiger partial charge in [0.05, 0.1) is 29.8 Å². The number of carbonyl (C=O) groups excluding carboxylic acids is 1. The number of anilines is 1. The maximum Gasteiger partial charge on any atom is 0.392 e. The van der Waals surface area contributed by atoms with Crippen molar-refractivity contribution >= 4 is 23.0 Å². The van der Waals surface area contributed by atoms with Gasteiger partial charge in [0.25, 0.3) is 0 Å². The summed E-state index contributed by atoms with van der Waals surface area (Å²) in [5, 5.41) is 12.1. The van der Waals surface area contributed by atoms with Gasteiger partial charge >= 0.3 is 6.18 Å². The van der Waals surface area contributed by atoms with Crippen molar-refractivity contribution in [2.45, 2.75) is 45.4 Å². The minimum absolute atomic E-state index is 0.245. The minimum Gasteiger partial charge on any atom is -0.404 e. The Bertz CT molecular complexity index is 1420. The van der Waals surface area contributed by atoms with Gasteiger partial charge in [0.2, 0.25) is 5.91 Å². The van der Waals surface area contributed by atoms with E-state index >= 15 is 0 Å². The van der Waals surface area contributed by atoms with Crippen LogP contribution in [0.2, 0.25) is 0 Å². The van der Waals surface area contributed by atoms with E-state index in [2.05, 4.69) is 10.3 Å². The van der Waals surface area contributed by atoms with Crippen molar-refractivity contribution in [3.63, 3.8) is 0 Å². The van der Waals surface area contributed by atoms with Crippen molar-refractivity contribution < 1.29 is 27.5 Å². The Hall–Kier alpha value is -3.72. The normalized spacial score (nSPS) is 28.4. The highest BCUT2D eigenvalue weighted by molar-refractivity contribution is 6.11. The summed E-state index contributed by atoms with van der Waals surface area (Å²) in [4.78, 5) is 18.2. The zero-order valence-electron chi connectivity index (χ0n) is 22.0. The number of aliphatic hydroxyl groups excluding tert-OH is 1. The van der Waals surface area contributed by atoms with Gasteiger partial charge < -0.3 is 16.2 Å². The molecule has 0 unspecified atom stereocenters. The van der Waals surface area contributed by atoms with Crippen LogP contribution in [0.1, 0.15) is 38.2 Å². The van der Waals surface area contributed by atoms with Gasteiger partial charge in [-0.1, -0.05) is 36.3 Å². The predicted molar refractivity (Wildman–Crippen MR) is 146 cm³/mol. The quantitative estimate of drug-likeness (QED) is 0.289. The van der Waals surface area contributed by atoms with Crippen LogP contribution >= 0.6 is 0 Å². The largest absolute Gasteiger partial charge is 0.404 e. The first-order valence-corrected chi connectivity index (χ1v) is 13.3. The topological polar surface area (TPSA) is 87.7 Å². The van der Waals surface area contributed by atoms with E-state index in [9.17, 15) is 27.5 Å². The van der Waals surface area contributed by atoms with Gasteiger partial charge in [-0.05, 0) is 91.4 Å². The second kappa shape index (κ2) is 10.7. The molecule has 5 rings (SSSR count). The van der Waals surface area contributed by atoms with E-state index in [4.69, 9.17) is 5.73 Å². The molecule has 3 aliphatic rings. The smallest absolute Gasteiger partial charge is 0.392 e. The molecule has 0 aromatic heterocycles. The number of hydrogen-bond donors (Lipinski definition) is 3. The molecule has 1 fully saturated rings. The van der Waals surface area contributed by atoms with Crippen LogP contribution in [0, 0.1) is 29.0 Å². The standard InChI is InChI=1S/C31H31F4N3O2/c1-30-15-19(16-36)27(37-22-8-6-21(32)7-9-22)14-20(30)5-10-24-25(30)11-12-26(31(33,34)35)28(24)29(40)38-23-4-2-3-18(13-23)17-39/h2-4,6-9,11,13-14,16,24,26,28,39H,5,10,12,15,17,36H2,1H3,(H,38,40)/t24-,26+,28+,30-/m0/s1. The Morgan fingerprint density at radius 1 is 1.23 bits per heavy atom. The average molecular weight is 554 g/mol. The molecule has 2 aromatic carbocycles. The van der Waals surface area contributed by atoms with Gasteiger partial charge in [-0.2, -0.15) is 13.2 Å². The number of halogens is 4. The van der Waals surface area contributed by atoms with Gasteiger partial charge in [0.1, 0.15) is 5.82 Å². The van der Waals surface area contributed by atoms with Gasteiger partial charge in [-0.15, -0.1) is 0 Å². The molecule has 210 valence electrons. The van der Waals surface area contributed by atoms with Crippen molar-refractivity contribution in [3.05, 3.63) is 95.0 Å². The molecule has 40 heavy (non-hydrogen) atoms. The molecule has 5 nitrogen and oxygen atoms in total. The van der Waals surface area contributed by atoms with Gasteiger partial charge in [-0.3, -0.25) is 4.79 Å². The van der Waals surface area contributed by atoms with E-state index in [0.29, 0.717) is 41.9 Å². The number of carbonyl (C=O) groups is 1. The van der Waals surface area contributed by atoms with Crippen LogP contribution in [0.5, 0.6) is 0 Å². The first kappa shape index (κ1) is 27.8. The molecule has 0 spiro atoms. The monoisotopic (exact) mass is 553 g/mol. The summed E-state index contributed by atoms with van der Waals surface area (Å²) in [5.41, 5.74) is 10.1. The third kappa shape index (κ3) is 5.22. The fraction of sp³-hybridized carbons (Fsp3) is 0.355. The van der Waals surface area contributed by atoms with Crippen LogP contribution < -0.4 is 11.1 Å². The number of nitrogens with zero attached hydrogens (tertiary/aromatic N) is 1. The molecule has 0 heterocycles. The molecule has 9 heteroatoms. The highest BCUT2D eigenvalue weighted by atomic mass is 19.4. The lowest BCUT2D eigenvalue weighted by Gasteiger charge is -2.51. The molecule has 3 aliphatic carbocycles. The maximum absolute atomic E-state index is 14.3. The SMILES string of the molecule is C[C@]12CC(=CN)C(=Nc3ccc(F)cc3)C=C1CC[C@H]1C2=CC[C@@H](C(F)(F)F)[C@@H]1C(=O)Nc1cccc(CO)c1. The Kier molecular flexibility index (Phi) is 7.44. The molecular weight excluding hydrogens is 522 g/mol. The Labute approximate surface area is 230 Å². The maximum atomic E-state index is 14.3. The third-order valence-electron chi connectivity index (χ3n) is 8.49. The number of nitrogens with one attached hydrogen (secondary N) is 1. The first-order valence-electron chi connectivity index (χ1n) is 13.3. The van der Waals surface area contributed by atoms with E-state index in [-0.39, 0.29) is 18.8 Å².